The van der Waals surface area contributed by atoms with Gasteiger partial charge in [-0.25, -0.2) is 0 Å². The zero-order valence-corrected chi connectivity index (χ0v) is 9.30. The molecule has 0 fully saturated rings. The number of carbonyl (C=O) groups is 1. The largest absolute Gasteiger partial charge is 0.396 e. The molecule has 1 amide bonds. The van der Waals surface area contributed by atoms with Crippen LogP contribution < -0.4 is 5.32 Å². The Morgan fingerprint density at radius 1 is 1.50 bits per heavy atom. The lowest BCUT2D eigenvalue weighted by molar-refractivity contribution is -0.125. The predicted octanol–water partition coefficient (Wildman–Crippen LogP) is 1.04. The van der Waals surface area contributed by atoms with E-state index in [1.165, 1.54) is 0 Å². The third-order valence-corrected chi connectivity index (χ3v) is 1.92. The Morgan fingerprint density at radius 3 is 2.64 bits per heavy atom. The molecule has 4 nitrogen and oxygen atoms in total. The first-order chi connectivity index (χ1) is 6.52. The van der Waals surface area contributed by atoms with Crippen molar-refractivity contribution in [1.29, 1.82) is 0 Å². The van der Waals surface area contributed by atoms with Crippen molar-refractivity contribution in [2.24, 2.45) is 0 Å². The summed E-state index contributed by atoms with van der Waals surface area (Å²) in [6, 6.07) is 0. The quantitative estimate of drug-likeness (QED) is 0.608. The van der Waals surface area contributed by atoms with E-state index < -0.39 is 0 Å². The van der Waals surface area contributed by atoms with Gasteiger partial charge in [0.15, 0.2) is 0 Å². The fourth-order valence-corrected chi connectivity index (χ4v) is 0.969. The normalized spacial score (nSPS) is 11.4. The molecule has 0 heterocycles. The first-order valence-corrected chi connectivity index (χ1v) is 5.03. The summed E-state index contributed by atoms with van der Waals surface area (Å²) >= 11 is 0. The maximum atomic E-state index is 11.0. The molecule has 84 valence electrons. The summed E-state index contributed by atoms with van der Waals surface area (Å²) in [7, 11) is 0. The van der Waals surface area contributed by atoms with Crippen molar-refractivity contribution in [1.82, 2.24) is 5.32 Å². The second-order valence-electron chi connectivity index (χ2n) is 3.87. The molecule has 0 radical (unpaired) electrons. The Morgan fingerprint density at radius 2 is 2.14 bits per heavy atom. The van der Waals surface area contributed by atoms with Gasteiger partial charge in [0.25, 0.3) is 0 Å². The van der Waals surface area contributed by atoms with Crippen LogP contribution in [0.25, 0.3) is 0 Å². The van der Waals surface area contributed by atoms with Crippen LogP contribution in [-0.4, -0.2) is 30.0 Å². The fourth-order valence-electron chi connectivity index (χ4n) is 0.969. The second-order valence-corrected chi connectivity index (χ2v) is 3.87. The predicted molar refractivity (Wildman–Crippen MR) is 54.8 cm³/mol. The van der Waals surface area contributed by atoms with Gasteiger partial charge in [-0.05, 0) is 26.7 Å². The van der Waals surface area contributed by atoms with E-state index in [-0.39, 0.29) is 24.8 Å². The number of amides is 1. The molecule has 0 bridgehead atoms. The van der Waals surface area contributed by atoms with Gasteiger partial charge in [-0.2, -0.15) is 0 Å². The number of hydrogen-bond acceptors (Lipinski definition) is 3. The van der Waals surface area contributed by atoms with Crippen molar-refractivity contribution in [2.75, 3.05) is 13.3 Å². The van der Waals surface area contributed by atoms with Crippen LogP contribution in [0.4, 0.5) is 0 Å². The Bertz CT molecular complexity index is 169. The van der Waals surface area contributed by atoms with Crippen molar-refractivity contribution in [2.45, 2.75) is 45.6 Å². The zero-order valence-electron chi connectivity index (χ0n) is 9.30. The minimum atomic E-state index is -0.381. The van der Waals surface area contributed by atoms with Crippen LogP contribution in [0.5, 0.6) is 0 Å². The first kappa shape index (κ1) is 13.4. The highest BCUT2D eigenvalue weighted by Gasteiger charge is 2.17. The number of carbonyl (C=O) groups excluding carboxylic acids is 1. The van der Waals surface area contributed by atoms with Gasteiger partial charge in [0.05, 0.1) is 5.60 Å². The maximum Gasteiger partial charge on any atom is 0.221 e. The SMILES string of the molecule is CCCC(=O)NCOC(C)(C)CCO. The van der Waals surface area contributed by atoms with E-state index in [2.05, 4.69) is 5.32 Å². The van der Waals surface area contributed by atoms with E-state index in [4.69, 9.17) is 9.84 Å². The minimum Gasteiger partial charge on any atom is -0.396 e. The molecule has 0 aliphatic heterocycles. The molecule has 0 aromatic heterocycles. The number of aliphatic hydroxyl groups is 1. The highest BCUT2D eigenvalue weighted by Crippen LogP contribution is 2.12. The molecule has 0 atom stereocenters. The Hall–Kier alpha value is -0.610. The molecule has 0 aliphatic rings. The van der Waals surface area contributed by atoms with Crippen LogP contribution in [0.15, 0.2) is 0 Å². The standard InChI is InChI=1S/C10H21NO3/c1-4-5-9(13)11-8-14-10(2,3)6-7-12/h12H,4-8H2,1-3H3,(H,11,13). The highest BCUT2D eigenvalue weighted by atomic mass is 16.5. The number of rotatable bonds is 7. The van der Waals surface area contributed by atoms with Crippen LogP contribution in [0.1, 0.15) is 40.0 Å². The van der Waals surface area contributed by atoms with Crippen molar-refractivity contribution >= 4 is 5.91 Å². The van der Waals surface area contributed by atoms with E-state index in [9.17, 15) is 4.79 Å². The van der Waals surface area contributed by atoms with E-state index >= 15 is 0 Å². The third-order valence-electron chi connectivity index (χ3n) is 1.92. The van der Waals surface area contributed by atoms with Crippen LogP contribution in [0, 0.1) is 0 Å². The first-order valence-electron chi connectivity index (χ1n) is 5.03. The van der Waals surface area contributed by atoms with Crippen molar-refractivity contribution < 1.29 is 14.6 Å². The monoisotopic (exact) mass is 203 g/mol. The van der Waals surface area contributed by atoms with E-state index in [0.717, 1.165) is 6.42 Å². The molecule has 2 N–H and O–H groups in total. The summed E-state index contributed by atoms with van der Waals surface area (Å²) in [6.45, 7) is 6.03. The topological polar surface area (TPSA) is 58.6 Å². The van der Waals surface area contributed by atoms with Gasteiger partial charge in [-0.15, -0.1) is 0 Å². The summed E-state index contributed by atoms with van der Waals surface area (Å²) in [6.07, 6.45) is 1.94. The molecule has 0 aliphatic carbocycles. The van der Waals surface area contributed by atoms with Crippen molar-refractivity contribution in [3.8, 4) is 0 Å². The molecule has 0 saturated heterocycles. The van der Waals surface area contributed by atoms with Gasteiger partial charge in [0, 0.05) is 13.0 Å². The van der Waals surface area contributed by atoms with Crippen molar-refractivity contribution in [3.05, 3.63) is 0 Å². The molecular formula is C10H21NO3. The zero-order chi connectivity index (χ0) is 11.0. The summed E-state index contributed by atoms with van der Waals surface area (Å²) in [4.78, 5) is 11.0. The summed E-state index contributed by atoms with van der Waals surface area (Å²) in [5.41, 5.74) is -0.381. The molecule has 0 rings (SSSR count). The number of ether oxygens (including phenoxy) is 1. The van der Waals surface area contributed by atoms with E-state index in [1.54, 1.807) is 0 Å². The summed E-state index contributed by atoms with van der Waals surface area (Å²) in [5, 5.41) is 11.4. The molecule has 14 heavy (non-hydrogen) atoms. The Labute approximate surface area is 85.6 Å². The molecule has 0 spiro atoms. The van der Waals surface area contributed by atoms with Crippen LogP contribution in [0.3, 0.4) is 0 Å². The number of nitrogens with one attached hydrogen (secondary N) is 1. The minimum absolute atomic E-state index is 0.00676. The molecule has 0 saturated carbocycles. The van der Waals surface area contributed by atoms with Gasteiger partial charge in [0.1, 0.15) is 6.73 Å². The lowest BCUT2D eigenvalue weighted by atomic mass is 10.1. The summed E-state index contributed by atoms with van der Waals surface area (Å²) in [5.74, 6) is 0.00676. The average Bonchev–Trinajstić information content (AvgIpc) is 2.03. The molecule has 0 unspecified atom stereocenters. The van der Waals surface area contributed by atoms with Gasteiger partial charge >= 0.3 is 0 Å². The lowest BCUT2D eigenvalue weighted by Crippen LogP contribution is -2.34. The molecule has 0 aromatic carbocycles. The molecule has 4 heteroatoms. The number of aliphatic hydroxyl groups excluding tert-OH is 1. The van der Waals surface area contributed by atoms with Gasteiger partial charge in [0.2, 0.25) is 5.91 Å². The van der Waals surface area contributed by atoms with Crippen LogP contribution in [-0.2, 0) is 9.53 Å². The van der Waals surface area contributed by atoms with Crippen molar-refractivity contribution in [3.63, 3.8) is 0 Å². The smallest absolute Gasteiger partial charge is 0.221 e. The van der Waals surface area contributed by atoms with Crippen LogP contribution in [0.2, 0.25) is 0 Å². The highest BCUT2D eigenvalue weighted by molar-refractivity contribution is 5.75. The molecular weight excluding hydrogens is 182 g/mol. The van der Waals surface area contributed by atoms with Gasteiger partial charge < -0.3 is 15.2 Å². The van der Waals surface area contributed by atoms with E-state index in [1.807, 2.05) is 20.8 Å². The third kappa shape index (κ3) is 6.86. The maximum absolute atomic E-state index is 11.0. The fraction of sp³-hybridized carbons (Fsp3) is 0.900. The average molecular weight is 203 g/mol. The van der Waals surface area contributed by atoms with E-state index in [0.29, 0.717) is 12.8 Å². The van der Waals surface area contributed by atoms with Crippen LogP contribution >= 0.6 is 0 Å². The van der Waals surface area contributed by atoms with Gasteiger partial charge in [-0.1, -0.05) is 6.92 Å². The summed E-state index contributed by atoms with van der Waals surface area (Å²) < 4.78 is 5.39. The molecule has 0 aromatic rings. The Kier molecular flexibility index (Phi) is 6.49. The second kappa shape index (κ2) is 6.79. The lowest BCUT2D eigenvalue weighted by Gasteiger charge is -2.24. The van der Waals surface area contributed by atoms with Gasteiger partial charge in [-0.3, -0.25) is 4.79 Å². The number of hydrogen-bond donors (Lipinski definition) is 2. The Balaban J connectivity index is 3.57.